The number of allylic oxidation sites excluding steroid dienone is 3. The van der Waals surface area contributed by atoms with E-state index in [4.69, 9.17) is 14.2 Å². The maximum absolute atomic E-state index is 13.1. The van der Waals surface area contributed by atoms with E-state index in [1.807, 2.05) is 6.08 Å². The number of esters is 1. The summed E-state index contributed by atoms with van der Waals surface area (Å²) < 4.78 is 16.8. The molecule has 7 atom stereocenters. The minimum Gasteiger partial charge on any atom is -0.466 e. The predicted molar refractivity (Wildman–Crippen MR) is 408 cm³/mol. The smallest absolute Gasteiger partial charge is 0.305 e. The lowest BCUT2D eigenvalue weighted by Gasteiger charge is -2.40. The maximum atomic E-state index is 13.1. The predicted octanol–water partition coefficient (Wildman–Crippen LogP) is 23.5. The van der Waals surface area contributed by atoms with Gasteiger partial charge in [0.15, 0.2) is 6.29 Å². The van der Waals surface area contributed by atoms with Crippen LogP contribution in [0.2, 0.25) is 0 Å². The van der Waals surface area contributed by atoms with Crippen LogP contribution >= 0.6 is 0 Å². The molecule has 0 aromatic heterocycles. The minimum atomic E-state index is -1.57. The first kappa shape index (κ1) is 92.2. The van der Waals surface area contributed by atoms with Gasteiger partial charge in [-0.2, -0.15) is 0 Å². The summed E-state index contributed by atoms with van der Waals surface area (Å²) in [6.45, 7) is 4.42. The molecule has 6 N–H and O–H groups in total. The standard InChI is InChI=1S/C85H163NO10/c1-3-5-7-9-11-13-15-17-44-47-51-55-59-63-67-71-78(88)77(76-95-85-84(93)83(92)82(91)79(75-87)96-85)86-80(89)72-68-64-60-56-52-48-45-42-40-38-36-34-32-30-28-26-24-22-20-19-21-23-25-27-29-31-33-35-37-39-41-43-46-50-54-58-62-66-70-74-94-81(90)73-69-65-61-57-53-49-18-16-14-12-10-8-6-4-2/h19-20,67,71,77-79,82-85,87-88,91-93H,3-18,21-66,68-70,72-76H2,1-2H3,(H,86,89)/b20-19-,71-67+. The molecule has 1 aliphatic heterocycles. The van der Waals surface area contributed by atoms with Gasteiger partial charge in [0.1, 0.15) is 24.4 Å². The number of hydrogen-bond acceptors (Lipinski definition) is 10. The molecule has 1 amide bonds. The fourth-order valence-corrected chi connectivity index (χ4v) is 13.9. The van der Waals surface area contributed by atoms with Crippen LogP contribution < -0.4 is 5.32 Å². The molecule has 0 aromatic carbocycles. The molecule has 11 heteroatoms. The number of aliphatic hydroxyl groups is 5. The van der Waals surface area contributed by atoms with Crippen molar-refractivity contribution in [1.29, 1.82) is 0 Å². The van der Waals surface area contributed by atoms with Gasteiger partial charge in [0.25, 0.3) is 0 Å². The van der Waals surface area contributed by atoms with E-state index in [9.17, 15) is 35.1 Å². The van der Waals surface area contributed by atoms with Crippen molar-refractivity contribution in [1.82, 2.24) is 5.32 Å². The first-order chi connectivity index (χ1) is 47.2. The molecule has 568 valence electrons. The first-order valence-electron chi connectivity index (χ1n) is 42.6. The SMILES string of the molecule is CCCCCCCCCCCCCCC/C=C/C(O)C(COC1OC(CO)C(O)C(O)C1O)NC(=O)CCCCCCCCCCCCCCCCCCC/C=C\CCCCCCCCCCCCCCCCCCCCOC(=O)CCCCCCCCCCCCCCCC. The Morgan fingerprint density at radius 2 is 0.667 bits per heavy atom. The van der Waals surface area contributed by atoms with Gasteiger partial charge >= 0.3 is 5.97 Å². The molecule has 1 heterocycles. The van der Waals surface area contributed by atoms with Crippen LogP contribution in [0.4, 0.5) is 0 Å². The van der Waals surface area contributed by atoms with E-state index in [1.165, 1.54) is 366 Å². The zero-order valence-corrected chi connectivity index (χ0v) is 63.6. The number of aliphatic hydroxyl groups excluding tert-OH is 5. The summed E-state index contributed by atoms with van der Waals surface area (Å²) in [7, 11) is 0. The molecule has 1 fully saturated rings. The van der Waals surface area contributed by atoms with Crippen LogP contribution in [0, 0.1) is 0 Å². The molecule has 0 spiro atoms. The Morgan fingerprint density at radius 1 is 0.375 bits per heavy atom. The van der Waals surface area contributed by atoms with Crippen LogP contribution in [0.15, 0.2) is 24.3 Å². The Morgan fingerprint density at radius 3 is 1.00 bits per heavy atom. The molecule has 0 aromatic rings. The van der Waals surface area contributed by atoms with Crippen molar-refractivity contribution in [3.05, 3.63) is 24.3 Å². The van der Waals surface area contributed by atoms with Gasteiger partial charge in [0.05, 0.1) is 32.0 Å². The second-order valence-electron chi connectivity index (χ2n) is 29.9. The van der Waals surface area contributed by atoms with Crippen LogP contribution in [-0.2, 0) is 23.8 Å². The number of ether oxygens (including phenoxy) is 3. The molecular weight excluding hydrogens is 1190 g/mol. The average Bonchev–Trinajstić information content (AvgIpc) is 0.845. The van der Waals surface area contributed by atoms with Crippen molar-refractivity contribution >= 4 is 11.9 Å². The van der Waals surface area contributed by atoms with E-state index in [0.29, 0.717) is 19.4 Å². The first-order valence-corrected chi connectivity index (χ1v) is 42.6. The third-order valence-electron chi connectivity index (χ3n) is 20.6. The van der Waals surface area contributed by atoms with Crippen molar-refractivity contribution in [3.63, 3.8) is 0 Å². The summed E-state index contributed by atoms with van der Waals surface area (Å²) in [5, 5.41) is 54.7. The molecule has 1 saturated heterocycles. The highest BCUT2D eigenvalue weighted by Crippen LogP contribution is 2.24. The zero-order chi connectivity index (χ0) is 69.4. The highest BCUT2D eigenvalue weighted by atomic mass is 16.7. The molecular formula is C85H163NO10. The van der Waals surface area contributed by atoms with Crippen LogP contribution in [0.1, 0.15) is 444 Å². The number of rotatable bonds is 77. The zero-order valence-electron chi connectivity index (χ0n) is 63.6. The second kappa shape index (κ2) is 74.3. The third-order valence-corrected chi connectivity index (χ3v) is 20.6. The molecule has 1 aliphatic rings. The van der Waals surface area contributed by atoms with Gasteiger partial charge in [0, 0.05) is 12.8 Å². The monoisotopic (exact) mass is 1360 g/mol. The summed E-state index contributed by atoms with van der Waals surface area (Å²) >= 11 is 0. The van der Waals surface area contributed by atoms with Crippen LogP contribution in [0.5, 0.6) is 0 Å². The minimum absolute atomic E-state index is 0.0201. The Hall–Kier alpha value is -1.86. The van der Waals surface area contributed by atoms with Gasteiger partial charge in [0.2, 0.25) is 5.91 Å². The topological polar surface area (TPSA) is 175 Å². The average molecular weight is 1360 g/mol. The van der Waals surface area contributed by atoms with E-state index in [-0.39, 0.29) is 18.5 Å². The summed E-state index contributed by atoms with van der Waals surface area (Å²) in [6.07, 6.45) is 86.5. The number of carbonyl (C=O) groups excluding carboxylic acids is 2. The van der Waals surface area contributed by atoms with Crippen molar-refractivity contribution in [2.24, 2.45) is 0 Å². The van der Waals surface area contributed by atoms with Crippen LogP contribution in [0.3, 0.4) is 0 Å². The summed E-state index contributed by atoms with van der Waals surface area (Å²) in [5.41, 5.74) is 0. The van der Waals surface area contributed by atoms with Crippen molar-refractivity contribution < 1.29 is 49.3 Å². The number of nitrogens with one attached hydrogen (secondary N) is 1. The molecule has 0 saturated carbocycles. The van der Waals surface area contributed by atoms with Gasteiger partial charge in [-0.15, -0.1) is 0 Å². The van der Waals surface area contributed by atoms with E-state index in [1.54, 1.807) is 6.08 Å². The molecule has 1 rings (SSSR count). The second-order valence-corrected chi connectivity index (χ2v) is 29.9. The van der Waals surface area contributed by atoms with Crippen LogP contribution in [0.25, 0.3) is 0 Å². The highest BCUT2D eigenvalue weighted by molar-refractivity contribution is 5.76. The number of hydrogen-bond donors (Lipinski definition) is 6. The molecule has 7 unspecified atom stereocenters. The quantitative estimate of drug-likeness (QED) is 0.0195. The molecule has 11 nitrogen and oxygen atoms in total. The van der Waals surface area contributed by atoms with E-state index >= 15 is 0 Å². The third kappa shape index (κ3) is 62.0. The number of unbranched alkanes of at least 4 members (excludes halogenated alkanes) is 61. The highest BCUT2D eigenvalue weighted by Gasteiger charge is 2.44. The summed E-state index contributed by atoms with van der Waals surface area (Å²) in [4.78, 5) is 25.2. The summed E-state index contributed by atoms with van der Waals surface area (Å²) in [6, 6.07) is -0.807. The van der Waals surface area contributed by atoms with E-state index in [2.05, 4.69) is 31.3 Å². The van der Waals surface area contributed by atoms with Gasteiger partial charge in [-0.25, -0.2) is 0 Å². The Bertz CT molecular complexity index is 1640. The Balaban J connectivity index is 1.89. The van der Waals surface area contributed by atoms with Gasteiger partial charge < -0.3 is 45.1 Å². The molecule has 0 radical (unpaired) electrons. The number of amides is 1. The molecule has 0 aliphatic carbocycles. The van der Waals surface area contributed by atoms with Crippen molar-refractivity contribution in [2.45, 2.75) is 487 Å². The molecule has 96 heavy (non-hydrogen) atoms. The lowest BCUT2D eigenvalue weighted by Crippen LogP contribution is -2.60. The van der Waals surface area contributed by atoms with Gasteiger partial charge in [-0.3, -0.25) is 9.59 Å². The largest absolute Gasteiger partial charge is 0.466 e. The fraction of sp³-hybridized carbons (Fsp3) is 0.929. The normalized spacial score (nSPS) is 17.3. The lowest BCUT2D eigenvalue weighted by atomic mass is 9.99. The van der Waals surface area contributed by atoms with E-state index in [0.717, 1.165) is 51.4 Å². The van der Waals surface area contributed by atoms with Gasteiger partial charge in [-0.1, -0.05) is 398 Å². The fourth-order valence-electron chi connectivity index (χ4n) is 13.9. The van der Waals surface area contributed by atoms with E-state index < -0.39 is 49.5 Å². The Kier molecular flexibility index (Phi) is 71.4. The van der Waals surface area contributed by atoms with Gasteiger partial charge in [-0.05, 0) is 57.8 Å². The lowest BCUT2D eigenvalue weighted by molar-refractivity contribution is -0.302. The van der Waals surface area contributed by atoms with Crippen molar-refractivity contribution in [3.8, 4) is 0 Å². The molecule has 0 bridgehead atoms. The van der Waals surface area contributed by atoms with Crippen LogP contribution in [-0.4, -0.2) is 100 Å². The van der Waals surface area contributed by atoms with Crippen molar-refractivity contribution in [2.75, 3.05) is 19.8 Å². The number of carbonyl (C=O) groups is 2. The maximum Gasteiger partial charge on any atom is 0.305 e. The Labute approximate surface area is 594 Å². The summed E-state index contributed by atoms with van der Waals surface area (Å²) in [5.74, 6) is -0.153.